The molecule has 0 unspecified atom stereocenters. The highest BCUT2D eigenvalue weighted by Gasteiger charge is 2.29. The molecule has 0 bridgehead atoms. The van der Waals surface area contributed by atoms with Crippen molar-refractivity contribution >= 4 is 21.6 Å². The van der Waals surface area contributed by atoms with Gasteiger partial charge in [0.15, 0.2) is 0 Å². The van der Waals surface area contributed by atoms with Crippen molar-refractivity contribution in [2.45, 2.75) is 52.7 Å². The first kappa shape index (κ1) is 23.3. The number of nitrogens with one attached hydrogen (secondary N) is 1. The average molecular weight is 444 g/mol. The second-order valence-corrected chi connectivity index (χ2v) is 10.4. The summed E-state index contributed by atoms with van der Waals surface area (Å²) in [6.45, 7) is 9.08. The first-order valence-electron chi connectivity index (χ1n) is 10.8. The zero-order valence-corrected chi connectivity index (χ0v) is 19.7. The maximum atomic E-state index is 12.9. The highest BCUT2D eigenvalue weighted by molar-refractivity contribution is 7.92. The van der Waals surface area contributed by atoms with Crippen LogP contribution in [-0.2, 0) is 27.9 Å². The van der Waals surface area contributed by atoms with Crippen molar-refractivity contribution in [3.8, 4) is 0 Å². The Morgan fingerprint density at radius 2 is 1.74 bits per heavy atom. The van der Waals surface area contributed by atoms with Gasteiger partial charge >= 0.3 is 0 Å². The van der Waals surface area contributed by atoms with Crippen LogP contribution in [0.3, 0.4) is 0 Å². The normalized spacial score (nSPS) is 15.6. The smallest absolute Gasteiger partial charge is 0.243 e. The van der Waals surface area contributed by atoms with Gasteiger partial charge in [-0.15, -0.1) is 0 Å². The van der Waals surface area contributed by atoms with Gasteiger partial charge in [-0.1, -0.05) is 30.3 Å². The Morgan fingerprint density at radius 1 is 1.06 bits per heavy atom. The van der Waals surface area contributed by atoms with Crippen molar-refractivity contribution < 1.29 is 13.2 Å². The standard InChI is InChI=1S/C24H33N3O3S/c1-18-10-11-23(14-19(18)2)27(31(4,29)30)20(3)24(28)25-16-21-8-7-9-22(15-21)17-26-12-5-6-13-26/h7-11,14-15,20H,5-6,12-13,16-17H2,1-4H3,(H,25,28)/t20-/m1/s1. The number of hydrogen-bond donors (Lipinski definition) is 1. The van der Waals surface area contributed by atoms with E-state index in [9.17, 15) is 13.2 Å². The maximum Gasteiger partial charge on any atom is 0.243 e. The number of amides is 1. The molecule has 0 saturated carbocycles. The van der Waals surface area contributed by atoms with Gasteiger partial charge < -0.3 is 5.32 Å². The molecule has 1 atom stereocenters. The van der Waals surface area contributed by atoms with Gasteiger partial charge in [0.2, 0.25) is 15.9 Å². The van der Waals surface area contributed by atoms with Crippen LogP contribution in [0.4, 0.5) is 5.69 Å². The Morgan fingerprint density at radius 3 is 2.39 bits per heavy atom. The van der Waals surface area contributed by atoms with Crippen LogP contribution in [0.1, 0.15) is 42.0 Å². The summed E-state index contributed by atoms with van der Waals surface area (Å²) in [6, 6.07) is 12.8. The van der Waals surface area contributed by atoms with Crippen molar-refractivity contribution in [2.75, 3.05) is 23.7 Å². The van der Waals surface area contributed by atoms with Gasteiger partial charge in [0.05, 0.1) is 11.9 Å². The number of carbonyl (C=O) groups is 1. The van der Waals surface area contributed by atoms with Crippen LogP contribution >= 0.6 is 0 Å². The van der Waals surface area contributed by atoms with Gasteiger partial charge in [-0.3, -0.25) is 14.0 Å². The number of aryl methyl sites for hydroxylation is 2. The van der Waals surface area contributed by atoms with E-state index in [1.807, 2.05) is 38.1 Å². The van der Waals surface area contributed by atoms with E-state index in [1.54, 1.807) is 13.0 Å². The van der Waals surface area contributed by atoms with E-state index in [4.69, 9.17) is 0 Å². The minimum Gasteiger partial charge on any atom is -0.350 e. The van der Waals surface area contributed by atoms with E-state index in [2.05, 4.69) is 22.3 Å². The lowest BCUT2D eigenvalue weighted by Gasteiger charge is -2.28. The quantitative estimate of drug-likeness (QED) is 0.679. The summed E-state index contributed by atoms with van der Waals surface area (Å²) in [5, 5.41) is 2.91. The molecule has 1 aliphatic heterocycles. The molecule has 0 spiro atoms. The Kier molecular flexibility index (Phi) is 7.38. The van der Waals surface area contributed by atoms with Gasteiger partial charge in [-0.05, 0) is 81.1 Å². The molecule has 1 heterocycles. The number of carbonyl (C=O) groups excluding carboxylic acids is 1. The molecule has 0 aliphatic carbocycles. The second-order valence-electron chi connectivity index (χ2n) is 8.52. The van der Waals surface area contributed by atoms with Gasteiger partial charge in [-0.25, -0.2) is 8.42 Å². The topological polar surface area (TPSA) is 69.7 Å². The fourth-order valence-corrected chi connectivity index (χ4v) is 5.21. The Balaban J connectivity index is 1.68. The molecule has 6 nitrogen and oxygen atoms in total. The largest absolute Gasteiger partial charge is 0.350 e. The lowest BCUT2D eigenvalue weighted by atomic mass is 10.1. The highest BCUT2D eigenvalue weighted by Crippen LogP contribution is 2.24. The number of nitrogens with zero attached hydrogens (tertiary/aromatic N) is 2. The SMILES string of the molecule is Cc1ccc(N([C@H](C)C(=O)NCc2cccc(CN3CCCC3)c2)S(C)(=O)=O)cc1C. The van der Waals surface area contributed by atoms with Crippen LogP contribution in [-0.4, -0.2) is 44.6 Å². The average Bonchev–Trinajstić information content (AvgIpc) is 3.21. The summed E-state index contributed by atoms with van der Waals surface area (Å²) in [6.07, 6.45) is 3.64. The number of hydrogen-bond acceptors (Lipinski definition) is 4. The molecule has 1 N–H and O–H groups in total. The second kappa shape index (κ2) is 9.83. The van der Waals surface area contributed by atoms with Crippen molar-refractivity contribution in [1.29, 1.82) is 0 Å². The lowest BCUT2D eigenvalue weighted by molar-refractivity contribution is -0.122. The van der Waals surface area contributed by atoms with E-state index in [1.165, 1.54) is 22.7 Å². The zero-order valence-electron chi connectivity index (χ0n) is 18.9. The maximum absolute atomic E-state index is 12.9. The van der Waals surface area contributed by atoms with Gasteiger partial charge in [0.25, 0.3) is 0 Å². The molecule has 31 heavy (non-hydrogen) atoms. The summed E-state index contributed by atoms with van der Waals surface area (Å²) in [5.41, 5.74) is 4.79. The highest BCUT2D eigenvalue weighted by atomic mass is 32.2. The third-order valence-corrected chi connectivity index (χ3v) is 7.14. The Labute approximate surface area is 186 Å². The predicted molar refractivity (Wildman–Crippen MR) is 126 cm³/mol. The van der Waals surface area contributed by atoms with Crippen LogP contribution in [0, 0.1) is 13.8 Å². The van der Waals surface area contributed by atoms with Gasteiger partial charge in [-0.2, -0.15) is 0 Å². The number of anilines is 1. The van der Waals surface area contributed by atoms with E-state index < -0.39 is 16.1 Å². The molecule has 0 aromatic heterocycles. The third-order valence-electron chi connectivity index (χ3n) is 5.90. The summed E-state index contributed by atoms with van der Waals surface area (Å²) in [5.74, 6) is -0.325. The summed E-state index contributed by atoms with van der Waals surface area (Å²) in [7, 11) is -3.63. The van der Waals surface area contributed by atoms with Gasteiger partial charge in [0, 0.05) is 13.1 Å². The molecule has 1 fully saturated rings. The zero-order chi connectivity index (χ0) is 22.6. The molecule has 168 valence electrons. The first-order chi connectivity index (χ1) is 14.6. The van der Waals surface area contributed by atoms with Crippen LogP contribution in [0.2, 0.25) is 0 Å². The molecule has 1 saturated heterocycles. The summed E-state index contributed by atoms with van der Waals surface area (Å²) in [4.78, 5) is 15.3. The molecule has 1 aliphatic rings. The molecular weight excluding hydrogens is 410 g/mol. The number of sulfonamides is 1. The molecular formula is C24H33N3O3S. The Bertz CT molecular complexity index is 1030. The van der Waals surface area contributed by atoms with Crippen LogP contribution in [0.25, 0.3) is 0 Å². The van der Waals surface area contributed by atoms with Crippen molar-refractivity contribution in [3.05, 3.63) is 64.7 Å². The summed E-state index contributed by atoms with van der Waals surface area (Å²) < 4.78 is 26.2. The van der Waals surface area contributed by atoms with E-state index in [-0.39, 0.29) is 5.91 Å². The monoisotopic (exact) mass is 443 g/mol. The molecule has 3 rings (SSSR count). The number of likely N-dealkylation sites (tertiary alicyclic amines) is 1. The minimum absolute atomic E-state index is 0.325. The number of benzene rings is 2. The van der Waals surface area contributed by atoms with Crippen LogP contribution in [0.5, 0.6) is 0 Å². The van der Waals surface area contributed by atoms with Crippen LogP contribution in [0.15, 0.2) is 42.5 Å². The van der Waals surface area contributed by atoms with E-state index in [0.29, 0.717) is 12.2 Å². The third kappa shape index (κ3) is 6.08. The molecule has 2 aromatic rings. The molecule has 7 heteroatoms. The van der Waals surface area contributed by atoms with E-state index >= 15 is 0 Å². The minimum atomic E-state index is -3.63. The first-order valence-corrected chi connectivity index (χ1v) is 12.6. The molecule has 2 aromatic carbocycles. The fraction of sp³-hybridized carbons (Fsp3) is 0.458. The fourth-order valence-electron chi connectivity index (χ4n) is 4.05. The van der Waals surface area contributed by atoms with Crippen LogP contribution < -0.4 is 9.62 Å². The molecule has 0 radical (unpaired) electrons. The summed E-state index contributed by atoms with van der Waals surface area (Å²) >= 11 is 0. The van der Waals surface area contributed by atoms with E-state index in [0.717, 1.165) is 42.6 Å². The Hall–Kier alpha value is -2.38. The van der Waals surface area contributed by atoms with Crippen molar-refractivity contribution in [2.24, 2.45) is 0 Å². The lowest BCUT2D eigenvalue weighted by Crippen LogP contribution is -2.47. The number of rotatable bonds is 8. The van der Waals surface area contributed by atoms with Crippen molar-refractivity contribution in [1.82, 2.24) is 10.2 Å². The van der Waals surface area contributed by atoms with Crippen molar-refractivity contribution in [3.63, 3.8) is 0 Å². The van der Waals surface area contributed by atoms with Gasteiger partial charge in [0.1, 0.15) is 6.04 Å². The molecule has 1 amide bonds. The predicted octanol–water partition coefficient (Wildman–Crippen LogP) is 3.37.